The minimum absolute atomic E-state index is 0.0569. The highest BCUT2D eigenvalue weighted by Gasteiger charge is 2.15. The summed E-state index contributed by atoms with van der Waals surface area (Å²) in [5, 5.41) is 0. The van der Waals surface area contributed by atoms with Crippen molar-refractivity contribution in [3.05, 3.63) is 65.7 Å². The smallest absolute Gasteiger partial charge is 0.207 e. The molecule has 0 atom stereocenters. The lowest BCUT2D eigenvalue weighted by Gasteiger charge is -2.07. The van der Waals surface area contributed by atoms with Crippen molar-refractivity contribution < 1.29 is 17.2 Å². The van der Waals surface area contributed by atoms with Gasteiger partial charge >= 0.3 is 0 Å². The van der Waals surface area contributed by atoms with Crippen LogP contribution < -0.4 is 4.72 Å². The van der Waals surface area contributed by atoms with E-state index in [0.29, 0.717) is 6.07 Å². The van der Waals surface area contributed by atoms with Gasteiger partial charge in [0.15, 0.2) is 0 Å². The van der Waals surface area contributed by atoms with Crippen LogP contribution in [-0.4, -0.2) is 8.42 Å². The Morgan fingerprint density at radius 1 is 0.947 bits per heavy atom. The molecule has 0 amide bonds. The first kappa shape index (κ1) is 13.6. The Bertz CT molecular complexity index is 652. The molecule has 0 spiro atoms. The predicted molar refractivity (Wildman–Crippen MR) is 66.8 cm³/mol. The van der Waals surface area contributed by atoms with Crippen LogP contribution in [0, 0.1) is 11.6 Å². The number of hydrogen-bond acceptors (Lipinski definition) is 2. The van der Waals surface area contributed by atoms with E-state index in [1.807, 2.05) is 0 Å². The molecule has 0 unspecified atom stereocenters. The van der Waals surface area contributed by atoms with Crippen LogP contribution in [0.3, 0.4) is 0 Å². The van der Waals surface area contributed by atoms with Crippen LogP contribution >= 0.6 is 0 Å². The Morgan fingerprint density at radius 3 is 2.11 bits per heavy atom. The van der Waals surface area contributed by atoms with Crippen molar-refractivity contribution in [2.45, 2.75) is 11.4 Å². The van der Waals surface area contributed by atoms with E-state index in [0.717, 1.165) is 17.7 Å². The molecule has 0 saturated heterocycles. The fourth-order valence-electron chi connectivity index (χ4n) is 1.54. The zero-order valence-corrected chi connectivity index (χ0v) is 10.6. The Labute approximate surface area is 109 Å². The lowest BCUT2D eigenvalue weighted by atomic mass is 10.2. The van der Waals surface area contributed by atoms with E-state index >= 15 is 0 Å². The van der Waals surface area contributed by atoms with Gasteiger partial charge in [0.2, 0.25) is 10.0 Å². The molecule has 0 saturated carbocycles. The van der Waals surface area contributed by atoms with Crippen molar-refractivity contribution in [1.29, 1.82) is 0 Å². The standard InChI is InChI=1S/C13H11F2NO2S/c14-11-6-12(15)8-13(7-11)19(17,18)16-9-10-4-2-1-3-5-10/h1-8,16H,9H2. The molecule has 2 aromatic carbocycles. The zero-order valence-electron chi connectivity index (χ0n) is 9.81. The van der Waals surface area contributed by atoms with Crippen molar-refractivity contribution >= 4 is 10.0 Å². The molecule has 0 bridgehead atoms. The van der Waals surface area contributed by atoms with Crippen molar-refractivity contribution in [1.82, 2.24) is 4.72 Å². The van der Waals surface area contributed by atoms with Crippen molar-refractivity contribution in [2.75, 3.05) is 0 Å². The first-order valence-electron chi connectivity index (χ1n) is 5.47. The average molecular weight is 283 g/mol. The monoisotopic (exact) mass is 283 g/mol. The molecule has 19 heavy (non-hydrogen) atoms. The second kappa shape index (κ2) is 5.46. The maximum atomic E-state index is 13.0. The highest BCUT2D eigenvalue weighted by molar-refractivity contribution is 7.89. The summed E-state index contributed by atoms with van der Waals surface area (Å²) in [4.78, 5) is -0.430. The first-order valence-corrected chi connectivity index (χ1v) is 6.95. The number of nitrogens with one attached hydrogen (secondary N) is 1. The molecular formula is C13H11F2NO2S. The number of benzene rings is 2. The molecule has 2 rings (SSSR count). The SMILES string of the molecule is O=S(=O)(NCc1ccccc1)c1cc(F)cc(F)c1. The van der Waals surface area contributed by atoms with Crippen LogP contribution in [0.25, 0.3) is 0 Å². The molecule has 0 aliphatic rings. The zero-order chi connectivity index (χ0) is 13.9. The number of rotatable bonds is 4. The van der Waals surface area contributed by atoms with Crippen LogP contribution in [0.4, 0.5) is 8.78 Å². The molecule has 100 valence electrons. The number of sulfonamides is 1. The second-order valence-electron chi connectivity index (χ2n) is 3.92. The molecular weight excluding hydrogens is 272 g/mol. The normalized spacial score (nSPS) is 11.5. The van der Waals surface area contributed by atoms with Gasteiger partial charge in [0.05, 0.1) is 4.90 Å². The molecule has 3 nitrogen and oxygen atoms in total. The van der Waals surface area contributed by atoms with Crippen LogP contribution in [0.2, 0.25) is 0 Å². The molecule has 2 aromatic rings. The van der Waals surface area contributed by atoms with Crippen LogP contribution in [0.1, 0.15) is 5.56 Å². The Hall–Kier alpha value is -1.79. The fraction of sp³-hybridized carbons (Fsp3) is 0.0769. The van der Waals surface area contributed by atoms with Gasteiger partial charge in [-0.1, -0.05) is 30.3 Å². The third kappa shape index (κ3) is 3.59. The molecule has 0 aromatic heterocycles. The maximum Gasteiger partial charge on any atom is 0.241 e. The summed E-state index contributed by atoms with van der Waals surface area (Å²) in [6, 6.07) is 11.0. The average Bonchev–Trinajstić information content (AvgIpc) is 2.37. The molecule has 0 heterocycles. The van der Waals surface area contributed by atoms with Gasteiger partial charge in [-0.05, 0) is 17.7 Å². The van der Waals surface area contributed by atoms with E-state index in [1.54, 1.807) is 30.3 Å². The highest BCUT2D eigenvalue weighted by Crippen LogP contribution is 2.13. The summed E-state index contributed by atoms with van der Waals surface area (Å²) < 4.78 is 52.0. The highest BCUT2D eigenvalue weighted by atomic mass is 32.2. The van der Waals surface area contributed by atoms with Crippen LogP contribution in [-0.2, 0) is 16.6 Å². The summed E-state index contributed by atoms with van der Waals surface area (Å²) in [6.07, 6.45) is 0. The Balaban J connectivity index is 2.19. The molecule has 0 aliphatic heterocycles. The topological polar surface area (TPSA) is 46.2 Å². The van der Waals surface area contributed by atoms with E-state index in [4.69, 9.17) is 0 Å². The van der Waals surface area contributed by atoms with Gasteiger partial charge in [0.25, 0.3) is 0 Å². The number of hydrogen-bond donors (Lipinski definition) is 1. The minimum Gasteiger partial charge on any atom is -0.207 e. The number of halogens is 2. The van der Waals surface area contributed by atoms with Gasteiger partial charge in [0, 0.05) is 12.6 Å². The minimum atomic E-state index is -3.93. The van der Waals surface area contributed by atoms with Gasteiger partial charge in [-0.25, -0.2) is 21.9 Å². The molecule has 6 heteroatoms. The van der Waals surface area contributed by atoms with E-state index in [1.165, 1.54) is 0 Å². The summed E-state index contributed by atoms with van der Waals surface area (Å²) in [7, 11) is -3.93. The van der Waals surface area contributed by atoms with Crippen molar-refractivity contribution in [3.8, 4) is 0 Å². The maximum absolute atomic E-state index is 13.0. The lowest BCUT2D eigenvalue weighted by Crippen LogP contribution is -2.23. The molecule has 0 fully saturated rings. The predicted octanol–water partition coefficient (Wildman–Crippen LogP) is 2.44. The third-order valence-electron chi connectivity index (χ3n) is 2.46. The van der Waals surface area contributed by atoms with Crippen molar-refractivity contribution in [2.24, 2.45) is 0 Å². The molecule has 0 aliphatic carbocycles. The largest absolute Gasteiger partial charge is 0.241 e. The lowest BCUT2D eigenvalue weighted by molar-refractivity contribution is 0.561. The van der Waals surface area contributed by atoms with Gasteiger partial charge in [0.1, 0.15) is 11.6 Å². The van der Waals surface area contributed by atoms with E-state index in [2.05, 4.69) is 4.72 Å². The van der Waals surface area contributed by atoms with Gasteiger partial charge in [-0.2, -0.15) is 0 Å². The summed E-state index contributed by atoms with van der Waals surface area (Å²) in [5.74, 6) is -1.86. The summed E-state index contributed by atoms with van der Waals surface area (Å²) in [5.41, 5.74) is 0.753. The second-order valence-corrected chi connectivity index (χ2v) is 5.68. The third-order valence-corrected chi connectivity index (χ3v) is 3.84. The van der Waals surface area contributed by atoms with Gasteiger partial charge in [-0.3, -0.25) is 0 Å². The summed E-state index contributed by atoms with van der Waals surface area (Å²) in [6.45, 7) is 0.0569. The first-order chi connectivity index (χ1) is 8.97. The van der Waals surface area contributed by atoms with Gasteiger partial charge in [-0.15, -0.1) is 0 Å². The molecule has 1 N–H and O–H groups in total. The van der Waals surface area contributed by atoms with Gasteiger partial charge < -0.3 is 0 Å². The van der Waals surface area contributed by atoms with Crippen LogP contribution in [0.15, 0.2) is 53.4 Å². The molecule has 0 radical (unpaired) electrons. The summed E-state index contributed by atoms with van der Waals surface area (Å²) >= 11 is 0. The fourth-order valence-corrected chi connectivity index (χ4v) is 2.60. The Kier molecular flexibility index (Phi) is 3.92. The van der Waals surface area contributed by atoms with E-state index in [9.17, 15) is 17.2 Å². The van der Waals surface area contributed by atoms with Crippen LogP contribution in [0.5, 0.6) is 0 Å². The van der Waals surface area contributed by atoms with Crippen molar-refractivity contribution in [3.63, 3.8) is 0 Å². The quantitative estimate of drug-likeness (QED) is 0.936. The van der Waals surface area contributed by atoms with E-state index < -0.39 is 26.6 Å². The van der Waals surface area contributed by atoms with E-state index in [-0.39, 0.29) is 6.54 Å². The Morgan fingerprint density at radius 2 is 1.53 bits per heavy atom.